The average Bonchev–Trinajstić information content (AvgIpc) is 4.14. The molecule has 0 saturated heterocycles. The predicted octanol–water partition coefficient (Wildman–Crippen LogP) is 16.0. The molecule has 6 nitrogen and oxygen atoms in total. The highest BCUT2D eigenvalue weighted by Gasteiger charge is 2.23. The maximum Gasteiger partial charge on any atom is 0.137 e. The Kier molecular flexibility index (Phi) is 8.01. The van der Waals surface area contributed by atoms with Crippen molar-refractivity contribution in [1.29, 1.82) is 10.5 Å². The maximum atomic E-state index is 10.1. The van der Waals surface area contributed by atoms with Crippen LogP contribution in [0.15, 0.2) is 217 Å². The van der Waals surface area contributed by atoms with Crippen molar-refractivity contribution in [2.45, 2.75) is 0 Å². The van der Waals surface area contributed by atoms with E-state index in [0.717, 1.165) is 99.4 Å². The van der Waals surface area contributed by atoms with E-state index in [2.05, 4.69) is 196 Å². The molecule has 6 heteroatoms. The molecule has 0 amide bonds. The van der Waals surface area contributed by atoms with Crippen molar-refractivity contribution in [3.63, 3.8) is 0 Å². The van der Waals surface area contributed by atoms with Crippen LogP contribution in [0.1, 0.15) is 11.1 Å². The van der Waals surface area contributed by atoms with E-state index in [1.165, 1.54) is 21.7 Å². The van der Waals surface area contributed by atoms with Gasteiger partial charge in [-0.05, 0) is 95.6 Å². The van der Waals surface area contributed by atoms with Crippen molar-refractivity contribution in [2.75, 3.05) is 0 Å². The zero-order valence-electron chi connectivity index (χ0n) is 36.4. The number of rotatable bonds is 5. The summed E-state index contributed by atoms with van der Waals surface area (Å²) in [6, 6.07) is 79.1. The Hall–Kier alpha value is -9.62. The molecule has 68 heavy (non-hydrogen) atoms. The fourth-order valence-corrected chi connectivity index (χ4v) is 11.0. The fourth-order valence-electron chi connectivity index (χ4n) is 11.0. The summed E-state index contributed by atoms with van der Waals surface area (Å²) in [4.78, 5) is 0. The molecule has 0 bridgehead atoms. The molecule has 0 atom stereocenters. The number of furan rings is 1. The van der Waals surface area contributed by atoms with Crippen LogP contribution in [0.5, 0.6) is 0 Å². The summed E-state index contributed by atoms with van der Waals surface area (Å²) >= 11 is 0. The summed E-state index contributed by atoms with van der Waals surface area (Å²) in [5.41, 5.74) is 15.9. The van der Waals surface area contributed by atoms with Gasteiger partial charge in [0.2, 0.25) is 0 Å². The monoisotopic (exact) mass is 865 g/mol. The topological polar surface area (TPSA) is 75.5 Å². The molecule has 0 N–H and O–H groups in total. The Morgan fingerprint density at radius 1 is 0.324 bits per heavy atom. The zero-order valence-corrected chi connectivity index (χ0v) is 36.4. The number of hydrogen-bond donors (Lipinski definition) is 0. The third kappa shape index (κ3) is 5.37. The zero-order chi connectivity index (χ0) is 45.0. The molecule has 4 heterocycles. The highest BCUT2D eigenvalue weighted by molar-refractivity contribution is 6.26. The van der Waals surface area contributed by atoms with Crippen molar-refractivity contribution in [3.8, 4) is 51.5 Å². The Labute approximate surface area is 389 Å². The van der Waals surface area contributed by atoms with Gasteiger partial charge in [0, 0.05) is 71.8 Å². The second-order valence-corrected chi connectivity index (χ2v) is 17.5. The molecule has 0 aliphatic rings. The van der Waals surface area contributed by atoms with Gasteiger partial charge in [0.05, 0.1) is 56.4 Å². The predicted molar refractivity (Wildman–Crippen MR) is 277 cm³/mol. The lowest BCUT2D eigenvalue weighted by atomic mass is 9.93. The van der Waals surface area contributed by atoms with Crippen molar-refractivity contribution in [3.05, 3.63) is 223 Å². The standard InChI is InChI=1S/C62H35N5O/c63-36-40-13-12-14-41(37-64)60(40)39-27-25-38(26-28-39)42-31-44(33-45(32-42)66-53-21-8-5-18-47(53)51-34-52-48-19-7-11-24-58(48)68-59(52)35-57(51)66)65-55-23-10-6-20-50(55)61-56(65)30-29-49-46-17-4-9-22-54(46)67(62(49)61)43-15-2-1-3-16-43/h1-35H. The van der Waals surface area contributed by atoms with Crippen LogP contribution in [-0.2, 0) is 0 Å². The van der Waals surface area contributed by atoms with Crippen LogP contribution in [0.2, 0.25) is 0 Å². The third-order valence-electron chi connectivity index (χ3n) is 13.9. The second kappa shape index (κ2) is 14.4. The smallest absolute Gasteiger partial charge is 0.137 e. The molecule has 0 aliphatic heterocycles. The minimum atomic E-state index is 0.470. The van der Waals surface area contributed by atoms with Crippen LogP contribution in [0, 0.1) is 22.7 Å². The minimum absolute atomic E-state index is 0.470. The Bertz CT molecular complexity index is 4480. The van der Waals surface area contributed by atoms with Crippen molar-refractivity contribution in [1.82, 2.24) is 13.7 Å². The Morgan fingerprint density at radius 3 is 1.60 bits per heavy atom. The molecule has 4 aromatic heterocycles. The minimum Gasteiger partial charge on any atom is -0.456 e. The summed E-state index contributed by atoms with van der Waals surface area (Å²) in [6.07, 6.45) is 0. The second-order valence-electron chi connectivity index (χ2n) is 17.5. The molecule has 0 aliphatic carbocycles. The van der Waals surface area contributed by atoms with E-state index in [-0.39, 0.29) is 0 Å². The SMILES string of the molecule is N#Cc1cccc(C#N)c1-c1ccc(-c2cc(-n3c4ccccc4c4cc5c(cc43)oc3ccccc35)cc(-n3c4ccccc4c4c3ccc3c5ccccc5n(-c5ccccc5)c34)c2)cc1. The van der Waals surface area contributed by atoms with Gasteiger partial charge >= 0.3 is 0 Å². The maximum absolute atomic E-state index is 10.1. The third-order valence-corrected chi connectivity index (χ3v) is 13.9. The van der Waals surface area contributed by atoms with Gasteiger partial charge in [-0.15, -0.1) is 0 Å². The van der Waals surface area contributed by atoms with E-state index in [4.69, 9.17) is 4.42 Å². The lowest BCUT2D eigenvalue weighted by Gasteiger charge is -2.16. The lowest BCUT2D eigenvalue weighted by Crippen LogP contribution is -2.00. The first kappa shape index (κ1) is 37.7. The summed E-state index contributed by atoms with van der Waals surface area (Å²) in [5, 5.41) is 29.4. The van der Waals surface area contributed by atoms with Crippen molar-refractivity contribution >= 4 is 87.4 Å². The van der Waals surface area contributed by atoms with E-state index >= 15 is 0 Å². The average molecular weight is 866 g/mol. The van der Waals surface area contributed by atoms with Crippen LogP contribution in [0.4, 0.5) is 0 Å². The molecule has 10 aromatic carbocycles. The van der Waals surface area contributed by atoms with Gasteiger partial charge < -0.3 is 18.1 Å². The van der Waals surface area contributed by atoms with Gasteiger partial charge in [-0.1, -0.05) is 127 Å². The van der Waals surface area contributed by atoms with Gasteiger partial charge in [0.1, 0.15) is 11.2 Å². The molecular weight excluding hydrogens is 831 g/mol. The molecule has 0 unspecified atom stereocenters. The normalized spacial score (nSPS) is 11.8. The van der Waals surface area contributed by atoms with Crippen molar-refractivity contribution < 1.29 is 4.42 Å². The Morgan fingerprint density at radius 2 is 0.897 bits per heavy atom. The molecule has 314 valence electrons. The van der Waals surface area contributed by atoms with E-state index in [1.54, 1.807) is 18.2 Å². The summed E-state index contributed by atoms with van der Waals surface area (Å²) < 4.78 is 13.8. The van der Waals surface area contributed by atoms with Gasteiger partial charge in [-0.25, -0.2) is 0 Å². The number of aromatic nitrogens is 3. The van der Waals surface area contributed by atoms with Crippen LogP contribution < -0.4 is 0 Å². The first-order chi connectivity index (χ1) is 33.6. The van der Waals surface area contributed by atoms with Crippen LogP contribution >= 0.6 is 0 Å². The summed E-state index contributed by atoms with van der Waals surface area (Å²) in [5.74, 6) is 0. The molecular formula is C62H35N5O. The molecule has 0 fully saturated rings. The van der Waals surface area contributed by atoms with Gasteiger partial charge in [-0.3, -0.25) is 0 Å². The fraction of sp³-hybridized carbons (Fsp3) is 0. The van der Waals surface area contributed by atoms with Gasteiger partial charge in [0.25, 0.3) is 0 Å². The van der Waals surface area contributed by atoms with E-state index in [0.29, 0.717) is 16.7 Å². The van der Waals surface area contributed by atoms with Gasteiger partial charge in [0.15, 0.2) is 0 Å². The molecule has 14 aromatic rings. The quantitative estimate of drug-likeness (QED) is 0.173. The van der Waals surface area contributed by atoms with E-state index < -0.39 is 0 Å². The molecule has 0 radical (unpaired) electrons. The van der Waals surface area contributed by atoms with Crippen molar-refractivity contribution in [2.24, 2.45) is 0 Å². The van der Waals surface area contributed by atoms with E-state index in [9.17, 15) is 10.5 Å². The van der Waals surface area contributed by atoms with Gasteiger partial charge in [-0.2, -0.15) is 10.5 Å². The highest BCUT2D eigenvalue weighted by atomic mass is 16.3. The summed E-state index contributed by atoms with van der Waals surface area (Å²) in [6.45, 7) is 0. The number of benzene rings is 10. The number of hydrogen-bond acceptors (Lipinski definition) is 3. The number of nitriles is 2. The van der Waals surface area contributed by atoms with Crippen LogP contribution in [-0.4, -0.2) is 13.7 Å². The number of fused-ring (bicyclic) bond motifs is 13. The van der Waals surface area contributed by atoms with Crippen LogP contribution in [0.3, 0.4) is 0 Å². The van der Waals surface area contributed by atoms with Crippen LogP contribution in [0.25, 0.3) is 127 Å². The molecule has 14 rings (SSSR count). The largest absolute Gasteiger partial charge is 0.456 e. The first-order valence-electron chi connectivity index (χ1n) is 22.7. The Balaban J connectivity index is 1.08. The summed E-state index contributed by atoms with van der Waals surface area (Å²) in [7, 11) is 0. The molecule has 0 saturated carbocycles. The van der Waals surface area contributed by atoms with E-state index in [1.807, 2.05) is 24.3 Å². The molecule has 0 spiro atoms. The highest BCUT2D eigenvalue weighted by Crippen LogP contribution is 2.44. The lowest BCUT2D eigenvalue weighted by molar-refractivity contribution is 0.669. The number of nitrogens with zero attached hydrogens (tertiary/aromatic N) is 5. The first-order valence-corrected chi connectivity index (χ1v) is 22.7. The number of para-hydroxylation sites is 5.